The highest BCUT2D eigenvalue weighted by Gasteiger charge is 2.18. The fraction of sp³-hybridized carbons (Fsp3) is 0.174. The van der Waals surface area contributed by atoms with Crippen LogP contribution >= 0.6 is 0 Å². The smallest absolute Gasteiger partial charge is 0.254 e. The normalized spacial score (nSPS) is 10.5. The summed E-state index contributed by atoms with van der Waals surface area (Å²) in [7, 11) is 0. The van der Waals surface area contributed by atoms with E-state index in [0.29, 0.717) is 13.1 Å². The van der Waals surface area contributed by atoms with E-state index in [-0.39, 0.29) is 5.91 Å². The van der Waals surface area contributed by atoms with Gasteiger partial charge >= 0.3 is 0 Å². The van der Waals surface area contributed by atoms with Gasteiger partial charge in [-0.15, -0.1) is 0 Å². The van der Waals surface area contributed by atoms with Crippen molar-refractivity contribution < 1.29 is 4.79 Å². The molecule has 0 bridgehead atoms. The summed E-state index contributed by atoms with van der Waals surface area (Å²) in [6.07, 6.45) is 0. The van der Waals surface area contributed by atoms with Crippen molar-refractivity contribution in [1.29, 1.82) is 0 Å². The van der Waals surface area contributed by atoms with Gasteiger partial charge in [0.15, 0.2) is 0 Å². The first-order chi connectivity index (χ1) is 12.1. The number of carbonyl (C=O) groups is 1. The van der Waals surface area contributed by atoms with Crippen LogP contribution in [0.2, 0.25) is 0 Å². The molecule has 3 aromatic rings. The lowest BCUT2D eigenvalue weighted by Crippen LogP contribution is -2.30. The van der Waals surface area contributed by atoms with Crippen molar-refractivity contribution in [2.75, 3.05) is 0 Å². The molecule has 1 amide bonds. The minimum absolute atomic E-state index is 0.0743. The van der Waals surface area contributed by atoms with Gasteiger partial charge in [-0.05, 0) is 36.6 Å². The van der Waals surface area contributed by atoms with Crippen molar-refractivity contribution in [3.63, 3.8) is 0 Å². The lowest BCUT2D eigenvalue weighted by atomic mass is 10.0. The average Bonchev–Trinajstić information content (AvgIpc) is 2.62. The molecule has 3 rings (SSSR count). The Kier molecular flexibility index (Phi) is 5.30. The van der Waals surface area contributed by atoms with Gasteiger partial charge in [0.1, 0.15) is 0 Å². The third-order valence-electron chi connectivity index (χ3n) is 4.33. The number of amides is 1. The maximum absolute atomic E-state index is 13.2. The van der Waals surface area contributed by atoms with Crippen LogP contribution in [-0.4, -0.2) is 10.8 Å². The molecule has 0 aromatic heterocycles. The Bertz CT molecular complexity index is 799. The van der Waals surface area contributed by atoms with Crippen LogP contribution in [0.3, 0.4) is 0 Å². The zero-order valence-electron chi connectivity index (χ0n) is 14.8. The third-order valence-corrected chi connectivity index (χ3v) is 4.33. The van der Waals surface area contributed by atoms with E-state index < -0.39 is 0 Å². The molecule has 2 heteroatoms. The van der Waals surface area contributed by atoms with Crippen molar-refractivity contribution in [2.45, 2.75) is 26.9 Å². The quantitative estimate of drug-likeness (QED) is 0.634. The van der Waals surface area contributed by atoms with Crippen LogP contribution in [0.4, 0.5) is 0 Å². The molecule has 0 fully saturated rings. The molecule has 0 radical (unpaired) electrons. The molecule has 0 unspecified atom stereocenters. The molecular weight excluding hydrogens is 306 g/mol. The minimum atomic E-state index is 0.0743. The van der Waals surface area contributed by atoms with Crippen LogP contribution in [0.5, 0.6) is 0 Å². The molecular formula is C23H23NO. The van der Waals surface area contributed by atoms with E-state index in [1.165, 1.54) is 5.56 Å². The highest BCUT2D eigenvalue weighted by molar-refractivity contribution is 5.95. The molecule has 0 saturated heterocycles. The van der Waals surface area contributed by atoms with Gasteiger partial charge in [-0.2, -0.15) is 0 Å². The molecule has 0 N–H and O–H groups in total. The van der Waals surface area contributed by atoms with Gasteiger partial charge in [-0.3, -0.25) is 4.79 Å². The Morgan fingerprint density at radius 3 is 1.76 bits per heavy atom. The lowest BCUT2D eigenvalue weighted by Gasteiger charge is -2.24. The molecule has 126 valence electrons. The van der Waals surface area contributed by atoms with Crippen LogP contribution in [0.15, 0.2) is 78.9 Å². The summed E-state index contributed by atoms with van der Waals surface area (Å²) >= 11 is 0. The fourth-order valence-electron chi connectivity index (χ4n) is 3.03. The maximum Gasteiger partial charge on any atom is 0.254 e. The predicted molar refractivity (Wildman–Crippen MR) is 102 cm³/mol. The summed E-state index contributed by atoms with van der Waals surface area (Å²) in [6.45, 7) is 5.25. The molecule has 0 heterocycles. The molecule has 0 aliphatic heterocycles. The topological polar surface area (TPSA) is 20.3 Å². The van der Waals surface area contributed by atoms with Gasteiger partial charge in [0.25, 0.3) is 5.91 Å². The van der Waals surface area contributed by atoms with E-state index in [0.717, 1.165) is 22.3 Å². The Labute approximate surface area is 149 Å². The van der Waals surface area contributed by atoms with E-state index in [4.69, 9.17) is 0 Å². The zero-order valence-corrected chi connectivity index (χ0v) is 14.8. The first-order valence-electron chi connectivity index (χ1n) is 8.58. The van der Waals surface area contributed by atoms with Crippen LogP contribution in [0, 0.1) is 13.8 Å². The highest BCUT2D eigenvalue weighted by Crippen LogP contribution is 2.17. The third kappa shape index (κ3) is 4.36. The van der Waals surface area contributed by atoms with Crippen LogP contribution in [0.25, 0.3) is 0 Å². The first-order valence-corrected chi connectivity index (χ1v) is 8.58. The maximum atomic E-state index is 13.2. The summed E-state index contributed by atoms with van der Waals surface area (Å²) in [5.41, 5.74) is 5.24. The Morgan fingerprint density at radius 2 is 1.28 bits per heavy atom. The molecule has 2 nitrogen and oxygen atoms in total. The SMILES string of the molecule is Cc1ccc(C(=O)N(Cc2ccccc2)Cc2ccccc2)c(C)c1. The molecule has 0 aliphatic rings. The Morgan fingerprint density at radius 1 is 0.760 bits per heavy atom. The zero-order chi connectivity index (χ0) is 17.6. The van der Waals surface area contributed by atoms with Gasteiger partial charge in [0, 0.05) is 18.7 Å². The second-order valence-electron chi connectivity index (χ2n) is 6.45. The lowest BCUT2D eigenvalue weighted by molar-refractivity contribution is 0.0729. The summed E-state index contributed by atoms with van der Waals surface area (Å²) in [6, 6.07) is 26.3. The second kappa shape index (κ2) is 7.80. The summed E-state index contributed by atoms with van der Waals surface area (Å²) < 4.78 is 0. The van der Waals surface area contributed by atoms with Gasteiger partial charge in [0.05, 0.1) is 0 Å². The highest BCUT2D eigenvalue weighted by atomic mass is 16.2. The fourth-order valence-corrected chi connectivity index (χ4v) is 3.03. The molecule has 25 heavy (non-hydrogen) atoms. The largest absolute Gasteiger partial charge is 0.330 e. The Hall–Kier alpha value is -2.87. The van der Waals surface area contributed by atoms with E-state index in [2.05, 4.69) is 30.3 Å². The van der Waals surface area contributed by atoms with Gasteiger partial charge in [-0.25, -0.2) is 0 Å². The van der Waals surface area contributed by atoms with Crippen molar-refractivity contribution >= 4 is 5.91 Å². The predicted octanol–water partition coefficient (Wildman–Crippen LogP) is 5.15. The molecule has 0 saturated carbocycles. The van der Waals surface area contributed by atoms with Crippen LogP contribution < -0.4 is 0 Å². The van der Waals surface area contributed by atoms with Crippen LogP contribution in [0.1, 0.15) is 32.6 Å². The van der Waals surface area contributed by atoms with Gasteiger partial charge in [-0.1, -0.05) is 78.4 Å². The van der Waals surface area contributed by atoms with E-state index in [1.54, 1.807) is 0 Å². The van der Waals surface area contributed by atoms with Crippen LogP contribution in [-0.2, 0) is 13.1 Å². The first kappa shape index (κ1) is 17.0. The number of rotatable bonds is 5. The summed E-state index contributed by atoms with van der Waals surface area (Å²) in [5, 5.41) is 0. The standard InChI is InChI=1S/C23H23NO/c1-18-13-14-22(19(2)15-18)23(25)24(16-20-9-5-3-6-10-20)17-21-11-7-4-8-12-21/h3-15H,16-17H2,1-2H3. The van der Waals surface area contributed by atoms with Crippen molar-refractivity contribution in [1.82, 2.24) is 4.90 Å². The minimum Gasteiger partial charge on any atom is -0.330 e. The monoisotopic (exact) mass is 329 g/mol. The molecule has 0 atom stereocenters. The summed E-state index contributed by atoms with van der Waals surface area (Å²) in [4.78, 5) is 15.1. The Balaban J connectivity index is 1.90. The second-order valence-corrected chi connectivity index (χ2v) is 6.45. The number of carbonyl (C=O) groups excluding carboxylic acids is 1. The molecule has 0 aliphatic carbocycles. The number of hydrogen-bond acceptors (Lipinski definition) is 1. The molecule has 3 aromatic carbocycles. The van der Waals surface area contributed by atoms with Crippen molar-refractivity contribution in [3.05, 3.63) is 107 Å². The molecule has 0 spiro atoms. The number of benzene rings is 3. The van der Waals surface area contributed by atoms with Gasteiger partial charge < -0.3 is 4.90 Å². The van der Waals surface area contributed by atoms with E-state index in [9.17, 15) is 4.79 Å². The van der Waals surface area contributed by atoms with E-state index in [1.807, 2.05) is 67.3 Å². The number of aryl methyl sites for hydroxylation is 2. The number of hydrogen-bond donors (Lipinski definition) is 0. The summed E-state index contributed by atoms with van der Waals surface area (Å²) in [5.74, 6) is 0.0743. The van der Waals surface area contributed by atoms with E-state index >= 15 is 0 Å². The van der Waals surface area contributed by atoms with Crippen molar-refractivity contribution in [2.24, 2.45) is 0 Å². The average molecular weight is 329 g/mol. The van der Waals surface area contributed by atoms with Crippen molar-refractivity contribution in [3.8, 4) is 0 Å². The van der Waals surface area contributed by atoms with Gasteiger partial charge in [0.2, 0.25) is 0 Å². The number of nitrogens with zero attached hydrogens (tertiary/aromatic N) is 1.